The molecule has 2 amide bonds. The summed E-state index contributed by atoms with van der Waals surface area (Å²) in [5.74, 6) is 0.0312. The third-order valence-electron chi connectivity index (χ3n) is 5.12. The number of imidazole rings is 1. The van der Waals surface area contributed by atoms with E-state index in [1.54, 1.807) is 23.5 Å². The SMILES string of the molecule is O=C(/C=C/c1ccc(N2CCCC2=O)cc1)NCc1ccc(Cn2ccnc2)cc1. The number of hydrogen-bond acceptors (Lipinski definition) is 3. The van der Waals surface area contributed by atoms with Crippen molar-refractivity contribution in [3.63, 3.8) is 0 Å². The molecule has 0 atom stereocenters. The van der Waals surface area contributed by atoms with E-state index < -0.39 is 0 Å². The number of rotatable bonds is 7. The Hall–Kier alpha value is -3.67. The monoisotopic (exact) mass is 400 g/mol. The van der Waals surface area contributed by atoms with Gasteiger partial charge in [-0.1, -0.05) is 36.4 Å². The average molecular weight is 400 g/mol. The summed E-state index contributed by atoms with van der Waals surface area (Å²) in [6.07, 6.45) is 10.3. The fourth-order valence-corrected chi connectivity index (χ4v) is 3.46. The molecule has 152 valence electrons. The third-order valence-corrected chi connectivity index (χ3v) is 5.12. The van der Waals surface area contributed by atoms with Crippen molar-refractivity contribution in [3.05, 3.63) is 90.0 Å². The molecule has 2 aromatic carbocycles. The molecule has 30 heavy (non-hydrogen) atoms. The van der Waals surface area contributed by atoms with Gasteiger partial charge in [-0.25, -0.2) is 4.98 Å². The standard InChI is InChI=1S/C24H24N4O2/c29-23(12-9-19-7-10-22(11-8-19)28-14-1-2-24(28)30)26-16-20-3-5-21(6-4-20)17-27-15-13-25-18-27/h3-13,15,18H,1-2,14,16-17H2,(H,26,29)/b12-9+. The van der Waals surface area contributed by atoms with Crippen LogP contribution in [0, 0.1) is 0 Å². The van der Waals surface area contributed by atoms with Crippen LogP contribution < -0.4 is 10.2 Å². The number of carbonyl (C=O) groups excluding carboxylic acids is 2. The average Bonchev–Trinajstić information content (AvgIpc) is 3.44. The Kier molecular flexibility index (Phi) is 6.03. The number of carbonyl (C=O) groups is 2. The highest BCUT2D eigenvalue weighted by Crippen LogP contribution is 2.21. The largest absolute Gasteiger partial charge is 0.348 e. The molecule has 6 nitrogen and oxygen atoms in total. The van der Waals surface area contributed by atoms with E-state index in [-0.39, 0.29) is 11.8 Å². The zero-order valence-electron chi connectivity index (χ0n) is 16.7. The molecule has 1 fully saturated rings. The molecule has 1 aliphatic heterocycles. The Labute approximate surface area is 175 Å². The molecular formula is C24H24N4O2. The summed E-state index contributed by atoms with van der Waals surface area (Å²) >= 11 is 0. The first-order chi connectivity index (χ1) is 14.7. The van der Waals surface area contributed by atoms with Gasteiger partial charge in [0.25, 0.3) is 0 Å². The van der Waals surface area contributed by atoms with Crippen LogP contribution in [0.5, 0.6) is 0 Å². The normalized spacial score (nSPS) is 13.9. The maximum Gasteiger partial charge on any atom is 0.244 e. The van der Waals surface area contributed by atoms with Crippen LogP contribution in [0.4, 0.5) is 5.69 Å². The van der Waals surface area contributed by atoms with Crippen molar-refractivity contribution < 1.29 is 9.59 Å². The van der Waals surface area contributed by atoms with E-state index in [2.05, 4.69) is 22.4 Å². The van der Waals surface area contributed by atoms with Gasteiger partial charge in [0.1, 0.15) is 0 Å². The van der Waals surface area contributed by atoms with E-state index in [9.17, 15) is 9.59 Å². The van der Waals surface area contributed by atoms with Gasteiger partial charge in [0, 0.05) is 50.2 Å². The summed E-state index contributed by atoms with van der Waals surface area (Å²) in [7, 11) is 0. The second-order valence-electron chi connectivity index (χ2n) is 7.34. The quantitative estimate of drug-likeness (QED) is 0.618. The van der Waals surface area contributed by atoms with Crippen LogP contribution in [0.25, 0.3) is 6.08 Å². The zero-order chi connectivity index (χ0) is 20.8. The molecular weight excluding hydrogens is 376 g/mol. The van der Waals surface area contributed by atoms with Crippen molar-refractivity contribution in [1.29, 1.82) is 0 Å². The van der Waals surface area contributed by atoms with E-state index in [1.807, 2.05) is 47.2 Å². The molecule has 0 unspecified atom stereocenters. The molecule has 2 heterocycles. The molecule has 0 bridgehead atoms. The molecule has 0 aliphatic carbocycles. The highest BCUT2D eigenvalue weighted by Gasteiger charge is 2.21. The van der Waals surface area contributed by atoms with Gasteiger partial charge < -0.3 is 14.8 Å². The van der Waals surface area contributed by atoms with Crippen molar-refractivity contribution in [3.8, 4) is 0 Å². The lowest BCUT2D eigenvalue weighted by atomic mass is 10.1. The second-order valence-corrected chi connectivity index (χ2v) is 7.34. The van der Waals surface area contributed by atoms with Crippen molar-refractivity contribution in [2.45, 2.75) is 25.9 Å². The van der Waals surface area contributed by atoms with Gasteiger partial charge in [0.15, 0.2) is 0 Å². The summed E-state index contributed by atoms with van der Waals surface area (Å²) in [5.41, 5.74) is 4.06. The molecule has 0 radical (unpaired) electrons. The Morgan fingerprint density at radius 1 is 1.07 bits per heavy atom. The first-order valence-electron chi connectivity index (χ1n) is 10.1. The Bertz CT molecular complexity index is 1020. The first kappa shape index (κ1) is 19.6. The van der Waals surface area contributed by atoms with Crippen LogP contribution in [-0.4, -0.2) is 27.9 Å². The third kappa shape index (κ3) is 5.03. The number of aromatic nitrogens is 2. The summed E-state index contributed by atoms with van der Waals surface area (Å²) in [6.45, 7) is 2.03. The van der Waals surface area contributed by atoms with Crippen LogP contribution in [0.2, 0.25) is 0 Å². The fraction of sp³-hybridized carbons (Fsp3) is 0.208. The molecule has 1 N–H and O–H groups in total. The summed E-state index contributed by atoms with van der Waals surface area (Å²) in [4.78, 5) is 29.8. The molecule has 4 rings (SSSR count). The van der Waals surface area contributed by atoms with Crippen molar-refractivity contribution in [2.24, 2.45) is 0 Å². The molecule has 1 aliphatic rings. The van der Waals surface area contributed by atoms with Crippen molar-refractivity contribution in [2.75, 3.05) is 11.4 Å². The van der Waals surface area contributed by atoms with Gasteiger partial charge in [-0.15, -0.1) is 0 Å². The number of benzene rings is 2. The lowest BCUT2D eigenvalue weighted by Crippen LogP contribution is -2.23. The lowest BCUT2D eigenvalue weighted by Gasteiger charge is -2.15. The molecule has 3 aromatic rings. The van der Waals surface area contributed by atoms with Crippen molar-refractivity contribution in [1.82, 2.24) is 14.9 Å². The van der Waals surface area contributed by atoms with E-state index >= 15 is 0 Å². The summed E-state index contributed by atoms with van der Waals surface area (Å²) in [6, 6.07) is 15.9. The predicted molar refractivity (Wildman–Crippen MR) is 117 cm³/mol. The minimum atomic E-state index is -0.142. The number of amides is 2. The van der Waals surface area contributed by atoms with Crippen LogP contribution in [0.3, 0.4) is 0 Å². The minimum Gasteiger partial charge on any atom is -0.348 e. The van der Waals surface area contributed by atoms with Crippen LogP contribution in [0.15, 0.2) is 73.3 Å². The topological polar surface area (TPSA) is 67.2 Å². The summed E-state index contributed by atoms with van der Waals surface area (Å²) in [5, 5.41) is 2.90. The molecule has 1 aromatic heterocycles. The molecule has 1 saturated heterocycles. The van der Waals surface area contributed by atoms with Gasteiger partial charge in [0.05, 0.1) is 6.33 Å². The van der Waals surface area contributed by atoms with Gasteiger partial charge in [-0.3, -0.25) is 9.59 Å². The Morgan fingerprint density at radius 2 is 1.83 bits per heavy atom. The van der Waals surface area contributed by atoms with E-state index in [0.29, 0.717) is 13.0 Å². The smallest absolute Gasteiger partial charge is 0.244 e. The highest BCUT2D eigenvalue weighted by molar-refractivity contribution is 5.95. The number of nitrogens with zero attached hydrogens (tertiary/aromatic N) is 3. The summed E-state index contributed by atoms with van der Waals surface area (Å²) < 4.78 is 2.01. The number of anilines is 1. The highest BCUT2D eigenvalue weighted by atomic mass is 16.2. The molecule has 0 saturated carbocycles. The minimum absolute atomic E-state index is 0.142. The lowest BCUT2D eigenvalue weighted by molar-refractivity contribution is -0.117. The predicted octanol–water partition coefficient (Wildman–Crippen LogP) is 3.39. The fourth-order valence-electron chi connectivity index (χ4n) is 3.46. The van der Waals surface area contributed by atoms with Gasteiger partial charge in [-0.2, -0.15) is 0 Å². The van der Waals surface area contributed by atoms with E-state index in [0.717, 1.165) is 36.3 Å². The Balaban J connectivity index is 1.26. The van der Waals surface area contributed by atoms with Crippen molar-refractivity contribution >= 4 is 23.6 Å². The number of nitrogens with one attached hydrogen (secondary N) is 1. The maximum absolute atomic E-state index is 12.1. The van der Waals surface area contributed by atoms with E-state index in [1.165, 1.54) is 11.6 Å². The maximum atomic E-state index is 12.1. The second kappa shape index (κ2) is 9.22. The van der Waals surface area contributed by atoms with Gasteiger partial charge >= 0.3 is 0 Å². The number of hydrogen-bond donors (Lipinski definition) is 1. The van der Waals surface area contributed by atoms with E-state index in [4.69, 9.17) is 0 Å². The molecule has 6 heteroatoms. The Morgan fingerprint density at radius 3 is 2.50 bits per heavy atom. The van der Waals surface area contributed by atoms with Gasteiger partial charge in [-0.05, 0) is 41.3 Å². The van der Waals surface area contributed by atoms with Crippen LogP contribution >= 0.6 is 0 Å². The van der Waals surface area contributed by atoms with Crippen LogP contribution in [-0.2, 0) is 22.7 Å². The van der Waals surface area contributed by atoms with Crippen LogP contribution in [0.1, 0.15) is 29.5 Å². The zero-order valence-corrected chi connectivity index (χ0v) is 16.7. The van der Waals surface area contributed by atoms with Gasteiger partial charge in [0.2, 0.25) is 11.8 Å². The molecule has 0 spiro atoms. The first-order valence-corrected chi connectivity index (χ1v) is 10.1.